The monoisotopic (exact) mass is 694 g/mol. The van der Waals surface area contributed by atoms with E-state index in [0.717, 1.165) is 71.0 Å². The molecular weight excluding hydrogens is 626 g/mol. The molecule has 5 fully saturated rings. The van der Waals surface area contributed by atoms with Gasteiger partial charge < -0.3 is 28.4 Å². The van der Waals surface area contributed by atoms with Crippen LogP contribution in [0.3, 0.4) is 0 Å². The predicted octanol–water partition coefficient (Wildman–Crippen LogP) is 9.88. The van der Waals surface area contributed by atoms with E-state index in [2.05, 4.69) is 26.8 Å². The molecule has 4 aliphatic carbocycles. The summed E-state index contributed by atoms with van der Waals surface area (Å²) in [5, 5.41) is 0. The van der Waals surface area contributed by atoms with Gasteiger partial charge in [0.25, 0.3) is 5.92 Å². The zero-order valence-corrected chi connectivity index (χ0v) is 31.6. The molecule has 6 nitrogen and oxygen atoms in total. The second-order valence-electron chi connectivity index (χ2n) is 17.5. The molecule has 2 aliphatic heterocycles. The Kier molecular flexibility index (Phi) is 12.3. The van der Waals surface area contributed by atoms with Gasteiger partial charge in [0.15, 0.2) is 12.6 Å². The number of halogens is 2. The van der Waals surface area contributed by atoms with Crippen molar-refractivity contribution >= 4 is 0 Å². The predicted molar refractivity (Wildman–Crippen MR) is 187 cm³/mol. The van der Waals surface area contributed by atoms with Gasteiger partial charge in [0.2, 0.25) is 0 Å². The summed E-state index contributed by atoms with van der Waals surface area (Å²) < 4.78 is 68.0. The molecule has 0 aromatic carbocycles. The van der Waals surface area contributed by atoms with E-state index in [9.17, 15) is 0 Å². The van der Waals surface area contributed by atoms with Gasteiger partial charge in [-0.2, -0.15) is 0 Å². The average Bonchev–Trinajstić information content (AvgIpc) is 3.44. The third-order valence-corrected chi connectivity index (χ3v) is 14.5. The van der Waals surface area contributed by atoms with Gasteiger partial charge in [-0.1, -0.05) is 32.4 Å². The van der Waals surface area contributed by atoms with Crippen molar-refractivity contribution in [3.05, 3.63) is 11.6 Å². The van der Waals surface area contributed by atoms with E-state index in [1.807, 2.05) is 6.92 Å². The van der Waals surface area contributed by atoms with Crippen LogP contribution in [0, 0.1) is 40.4 Å². The van der Waals surface area contributed by atoms with Crippen molar-refractivity contribution in [2.45, 2.75) is 174 Å². The lowest BCUT2D eigenvalue weighted by Gasteiger charge is -2.60. The third kappa shape index (κ3) is 7.86. The summed E-state index contributed by atoms with van der Waals surface area (Å²) in [5.41, 5.74) is 0.155. The van der Waals surface area contributed by atoms with Gasteiger partial charge >= 0.3 is 0 Å². The molecular formula is C41H68F2O6. The van der Waals surface area contributed by atoms with E-state index in [4.69, 9.17) is 28.4 Å². The highest BCUT2D eigenvalue weighted by Crippen LogP contribution is 2.68. The van der Waals surface area contributed by atoms with Crippen LogP contribution in [0.1, 0.15) is 138 Å². The first kappa shape index (κ1) is 38.1. The highest BCUT2D eigenvalue weighted by molar-refractivity contribution is 5.28. The Labute approximate surface area is 296 Å². The van der Waals surface area contributed by atoms with Crippen molar-refractivity contribution < 1.29 is 37.2 Å². The molecule has 2 saturated heterocycles. The van der Waals surface area contributed by atoms with Crippen LogP contribution in [0.25, 0.3) is 0 Å². The van der Waals surface area contributed by atoms with Crippen molar-refractivity contribution in [2.24, 2.45) is 40.4 Å². The summed E-state index contributed by atoms with van der Waals surface area (Å²) in [6, 6.07) is 0. The fourth-order valence-electron chi connectivity index (χ4n) is 11.5. The molecule has 0 bridgehead atoms. The Balaban J connectivity index is 1.14. The van der Waals surface area contributed by atoms with E-state index in [0.29, 0.717) is 43.3 Å². The molecule has 2 unspecified atom stereocenters. The lowest BCUT2D eigenvalue weighted by Crippen LogP contribution is -2.57. The summed E-state index contributed by atoms with van der Waals surface area (Å²) >= 11 is 0. The highest BCUT2D eigenvalue weighted by Gasteiger charge is 2.62. The Morgan fingerprint density at radius 3 is 2.31 bits per heavy atom. The van der Waals surface area contributed by atoms with Crippen LogP contribution < -0.4 is 0 Å². The summed E-state index contributed by atoms with van der Waals surface area (Å²) in [4.78, 5) is 0. The first-order chi connectivity index (χ1) is 23.4. The molecule has 49 heavy (non-hydrogen) atoms. The summed E-state index contributed by atoms with van der Waals surface area (Å²) in [7, 11) is 0. The molecule has 6 aliphatic rings. The third-order valence-electron chi connectivity index (χ3n) is 14.5. The fourth-order valence-corrected chi connectivity index (χ4v) is 11.5. The minimum atomic E-state index is -2.90. The van der Waals surface area contributed by atoms with Gasteiger partial charge in [-0.3, -0.25) is 0 Å². The van der Waals surface area contributed by atoms with Crippen LogP contribution in [0.4, 0.5) is 8.78 Å². The van der Waals surface area contributed by atoms with Crippen molar-refractivity contribution in [1.82, 2.24) is 0 Å². The summed E-state index contributed by atoms with van der Waals surface area (Å²) in [6.45, 7) is 14.9. The Morgan fingerprint density at radius 2 is 1.63 bits per heavy atom. The van der Waals surface area contributed by atoms with Gasteiger partial charge in [-0.05, 0) is 139 Å². The van der Waals surface area contributed by atoms with E-state index >= 15 is 8.78 Å². The lowest BCUT2D eigenvalue weighted by molar-refractivity contribution is -0.248. The standard InChI is InChI=1S/C41H68F2O6/c1-7-44-24-25-47-38(3,4)41(42,43)21-18-28(2)32-16-17-33-31-15-14-29-26-30(48-36-12-8-10-22-45-36)27-35(49-37-13-9-11-23-46-37)40(29,6)34(31)19-20-39(32,33)5/h14,28,30-37H,7-13,15-27H2,1-6H3/t28-,30-,31+,32-,33+,34+,35+,36?,37?,39-,40+/m1/s1. The molecule has 0 N–H and O–H groups in total. The number of hydrogen-bond acceptors (Lipinski definition) is 6. The SMILES string of the molecule is CCOCCOC(C)(C)C(F)(F)CC[C@@H](C)[C@H]1CC[C@H]2[C@@H]3CC=C4C[C@@H](OC5CCCCO5)C[C@H](OC5CCCCO5)[C@]4(C)[C@H]3CC[C@]12C. The number of allylic oxidation sites excluding steroid dienone is 1. The van der Waals surface area contributed by atoms with Gasteiger partial charge in [0, 0.05) is 38.1 Å². The van der Waals surface area contributed by atoms with E-state index < -0.39 is 11.5 Å². The van der Waals surface area contributed by atoms with Crippen molar-refractivity contribution in [3.8, 4) is 0 Å². The number of alkyl halides is 2. The summed E-state index contributed by atoms with van der Waals surface area (Å²) in [5.74, 6) is -0.414. The van der Waals surface area contributed by atoms with Crippen LogP contribution in [-0.4, -0.2) is 69.3 Å². The Bertz CT molecular complexity index is 1100. The van der Waals surface area contributed by atoms with Crippen LogP contribution >= 0.6 is 0 Å². The molecule has 0 aromatic rings. The zero-order chi connectivity index (χ0) is 34.9. The quantitative estimate of drug-likeness (QED) is 0.133. The second-order valence-corrected chi connectivity index (χ2v) is 17.5. The molecule has 8 heteroatoms. The molecule has 11 atom stereocenters. The minimum absolute atomic E-state index is 0.0438. The van der Waals surface area contributed by atoms with Gasteiger partial charge in [0.1, 0.15) is 5.60 Å². The maximum atomic E-state index is 15.6. The number of hydrogen-bond donors (Lipinski definition) is 0. The van der Waals surface area contributed by atoms with Gasteiger partial charge in [-0.25, -0.2) is 8.78 Å². The fraction of sp³-hybridized carbons (Fsp3) is 0.951. The van der Waals surface area contributed by atoms with Crippen LogP contribution in [-0.2, 0) is 28.4 Å². The molecule has 0 aromatic heterocycles. The lowest BCUT2D eigenvalue weighted by atomic mass is 9.46. The van der Waals surface area contributed by atoms with Crippen molar-refractivity contribution in [1.29, 1.82) is 0 Å². The smallest absolute Gasteiger partial charge is 0.275 e. The molecule has 0 radical (unpaired) electrons. The second kappa shape index (κ2) is 15.8. The van der Waals surface area contributed by atoms with Crippen molar-refractivity contribution in [2.75, 3.05) is 33.0 Å². The van der Waals surface area contributed by atoms with E-state index in [-0.39, 0.29) is 54.6 Å². The average molecular weight is 695 g/mol. The van der Waals surface area contributed by atoms with E-state index in [1.54, 1.807) is 0 Å². The Hall–Kier alpha value is -0.640. The molecule has 282 valence electrons. The molecule has 2 heterocycles. The minimum Gasteiger partial charge on any atom is -0.379 e. The largest absolute Gasteiger partial charge is 0.379 e. The van der Waals surface area contributed by atoms with E-state index in [1.165, 1.54) is 45.1 Å². The first-order valence-corrected chi connectivity index (χ1v) is 20.2. The zero-order valence-electron chi connectivity index (χ0n) is 31.6. The van der Waals surface area contributed by atoms with Gasteiger partial charge in [-0.15, -0.1) is 0 Å². The molecule has 0 amide bonds. The maximum absolute atomic E-state index is 15.6. The van der Waals surface area contributed by atoms with Crippen LogP contribution in [0.2, 0.25) is 0 Å². The van der Waals surface area contributed by atoms with Gasteiger partial charge in [0.05, 0.1) is 25.4 Å². The normalized spacial score (nSPS) is 40.6. The highest BCUT2D eigenvalue weighted by atomic mass is 19.3. The maximum Gasteiger partial charge on any atom is 0.275 e. The molecule has 0 spiro atoms. The Morgan fingerprint density at radius 1 is 0.918 bits per heavy atom. The topological polar surface area (TPSA) is 55.4 Å². The first-order valence-electron chi connectivity index (χ1n) is 20.2. The van der Waals surface area contributed by atoms with Crippen LogP contribution in [0.5, 0.6) is 0 Å². The van der Waals surface area contributed by atoms with Crippen molar-refractivity contribution in [3.63, 3.8) is 0 Å². The number of ether oxygens (including phenoxy) is 6. The molecule has 3 saturated carbocycles. The number of rotatable bonds is 14. The summed E-state index contributed by atoms with van der Waals surface area (Å²) in [6.07, 6.45) is 17.0. The number of fused-ring (bicyclic) bond motifs is 5. The van der Waals surface area contributed by atoms with Crippen LogP contribution in [0.15, 0.2) is 11.6 Å². The molecule has 6 rings (SSSR count).